The average Bonchev–Trinajstić information content (AvgIpc) is 3.11. The number of aryl methyl sites for hydroxylation is 1. The number of carbonyl (C=O) groups is 1. The van der Waals surface area contributed by atoms with E-state index in [0.29, 0.717) is 6.54 Å². The molecule has 2 heterocycles. The van der Waals surface area contributed by atoms with Gasteiger partial charge in [0.15, 0.2) is 0 Å². The Morgan fingerprint density at radius 3 is 2.67 bits per heavy atom. The molecule has 1 aliphatic carbocycles. The van der Waals surface area contributed by atoms with Crippen molar-refractivity contribution in [2.45, 2.75) is 84.2 Å². The second-order valence-electron chi connectivity index (χ2n) is 9.04. The van der Waals surface area contributed by atoms with Gasteiger partial charge in [0, 0.05) is 31.9 Å². The molecule has 1 saturated carbocycles. The van der Waals surface area contributed by atoms with Gasteiger partial charge in [0.1, 0.15) is 5.82 Å². The van der Waals surface area contributed by atoms with Crippen molar-refractivity contribution in [3.8, 4) is 0 Å². The highest BCUT2D eigenvalue weighted by Gasteiger charge is 2.37. The van der Waals surface area contributed by atoms with Crippen molar-refractivity contribution in [3.05, 3.63) is 18.2 Å². The summed E-state index contributed by atoms with van der Waals surface area (Å²) in [6.45, 7) is 10.6. The Kier molecular flexibility index (Phi) is 6.96. The van der Waals surface area contributed by atoms with Crippen LogP contribution in [-0.4, -0.2) is 45.5 Å². The number of amides is 1. The molecule has 1 aromatic heterocycles. The van der Waals surface area contributed by atoms with E-state index >= 15 is 0 Å². The molecule has 152 valence electrons. The Labute approximate surface area is 164 Å². The first-order chi connectivity index (χ1) is 13.0. The zero-order valence-corrected chi connectivity index (χ0v) is 17.5. The number of hydrogen-bond donors (Lipinski definition) is 1. The molecule has 2 aliphatic rings. The first-order valence-corrected chi connectivity index (χ1v) is 11.1. The number of nitrogens with one attached hydrogen (secondary N) is 1. The van der Waals surface area contributed by atoms with Crippen molar-refractivity contribution in [2.75, 3.05) is 19.6 Å². The highest BCUT2D eigenvalue weighted by molar-refractivity contribution is 5.79. The standard InChI is InChI=1S/C22H38N4O/c1-4-20-23-12-15-26(20)16-19(3)21(27)24-22(10-6-5-7-11-22)17-25-13-8-18(2)9-14-25/h12,15,18-19H,4-11,13-14,16-17H2,1-3H3,(H,24,27). The summed E-state index contributed by atoms with van der Waals surface area (Å²) in [4.78, 5) is 20.1. The summed E-state index contributed by atoms with van der Waals surface area (Å²) in [7, 11) is 0. The molecule has 0 radical (unpaired) electrons. The van der Waals surface area contributed by atoms with Gasteiger partial charge >= 0.3 is 0 Å². The van der Waals surface area contributed by atoms with Gasteiger partial charge in [0.05, 0.1) is 11.5 Å². The fourth-order valence-electron chi connectivity index (χ4n) is 4.78. The fraction of sp³-hybridized carbons (Fsp3) is 0.818. The van der Waals surface area contributed by atoms with Crippen LogP contribution in [0.1, 0.15) is 71.5 Å². The SMILES string of the molecule is CCc1nccn1CC(C)C(=O)NC1(CN2CCC(C)CC2)CCCCC1. The molecule has 1 aromatic rings. The van der Waals surface area contributed by atoms with Crippen LogP contribution in [0.25, 0.3) is 0 Å². The lowest BCUT2D eigenvalue weighted by Gasteiger charge is -2.44. The predicted molar refractivity (Wildman–Crippen MR) is 110 cm³/mol. The van der Waals surface area contributed by atoms with Crippen molar-refractivity contribution in [2.24, 2.45) is 11.8 Å². The van der Waals surface area contributed by atoms with Crippen molar-refractivity contribution < 1.29 is 4.79 Å². The molecule has 1 N–H and O–H groups in total. The number of nitrogens with zero attached hydrogens (tertiary/aromatic N) is 3. The maximum absolute atomic E-state index is 13.1. The molecule has 3 rings (SSSR count). The lowest BCUT2D eigenvalue weighted by molar-refractivity contribution is -0.127. The Morgan fingerprint density at radius 2 is 2.00 bits per heavy atom. The van der Waals surface area contributed by atoms with Gasteiger partial charge < -0.3 is 14.8 Å². The molecule has 1 saturated heterocycles. The summed E-state index contributed by atoms with van der Waals surface area (Å²) in [6, 6.07) is 0. The van der Waals surface area contributed by atoms with E-state index in [2.05, 4.69) is 33.6 Å². The maximum atomic E-state index is 13.1. The van der Waals surface area contributed by atoms with E-state index in [1.807, 2.05) is 19.3 Å². The number of aromatic nitrogens is 2. The van der Waals surface area contributed by atoms with Crippen molar-refractivity contribution in [1.29, 1.82) is 0 Å². The summed E-state index contributed by atoms with van der Waals surface area (Å²) in [5, 5.41) is 3.53. The highest BCUT2D eigenvalue weighted by atomic mass is 16.2. The summed E-state index contributed by atoms with van der Waals surface area (Å²) in [5.41, 5.74) is -0.0211. The van der Waals surface area contributed by atoms with Gasteiger partial charge in [-0.05, 0) is 44.7 Å². The summed E-state index contributed by atoms with van der Waals surface area (Å²) >= 11 is 0. The second-order valence-corrected chi connectivity index (χ2v) is 9.04. The van der Waals surface area contributed by atoms with E-state index in [1.54, 1.807) is 0 Å². The van der Waals surface area contributed by atoms with Crippen LogP contribution in [0.4, 0.5) is 0 Å². The van der Waals surface area contributed by atoms with Crippen LogP contribution in [0.5, 0.6) is 0 Å². The zero-order valence-electron chi connectivity index (χ0n) is 17.5. The van der Waals surface area contributed by atoms with Gasteiger partial charge in [-0.25, -0.2) is 4.98 Å². The summed E-state index contributed by atoms with van der Waals surface area (Å²) in [6.07, 6.45) is 13.4. The lowest BCUT2D eigenvalue weighted by atomic mass is 9.80. The minimum absolute atomic E-state index is 0.0211. The molecule has 5 heteroatoms. The molecule has 0 spiro atoms. The number of piperidine rings is 1. The lowest BCUT2D eigenvalue weighted by Crippen LogP contribution is -2.58. The first-order valence-electron chi connectivity index (χ1n) is 11.1. The normalized spacial score (nSPS) is 22.5. The highest BCUT2D eigenvalue weighted by Crippen LogP contribution is 2.31. The number of rotatable bonds is 7. The van der Waals surface area contributed by atoms with E-state index in [-0.39, 0.29) is 17.4 Å². The second kappa shape index (κ2) is 9.22. The third-order valence-electron chi connectivity index (χ3n) is 6.64. The topological polar surface area (TPSA) is 50.2 Å². The average molecular weight is 375 g/mol. The Morgan fingerprint density at radius 1 is 1.30 bits per heavy atom. The molecule has 2 fully saturated rings. The van der Waals surface area contributed by atoms with Crippen LogP contribution in [0.15, 0.2) is 12.4 Å². The number of carbonyl (C=O) groups excluding carboxylic acids is 1. The van der Waals surface area contributed by atoms with Crippen molar-refractivity contribution >= 4 is 5.91 Å². The van der Waals surface area contributed by atoms with Gasteiger partial charge in [0.2, 0.25) is 5.91 Å². The van der Waals surface area contributed by atoms with Gasteiger partial charge in [-0.2, -0.15) is 0 Å². The first kappa shape index (κ1) is 20.4. The molecule has 1 unspecified atom stereocenters. The molecule has 0 aromatic carbocycles. The third-order valence-corrected chi connectivity index (χ3v) is 6.64. The number of hydrogen-bond acceptors (Lipinski definition) is 3. The van der Waals surface area contributed by atoms with Crippen LogP contribution >= 0.6 is 0 Å². The summed E-state index contributed by atoms with van der Waals surface area (Å²) < 4.78 is 2.13. The van der Waals surface area contributed by atoms with Crippen molar-refractivity contribution in [1.82, 2.24) is 19.8 Å². The smallest absolute Gasteiger partial charge is 0.225 e. The number of imidazole rings is 1. The van der Waals surface area contributed by atoms with E-state index in [4.69, 9.17) is 0 Å². The Bertz CT molecular complexity index is 597. The molecular formula is C22H38N4O. The molecule has 1 aliphatic heterocycles. The minimum Gasteiger partial charge on any atom is -0.349 e. The van der Waals surface area contributed by atoms with Crippen LogP contribution < -0.4 is 5.32 Å². The van der Waals surface area contributed by atoms with E-state index < -0.39 is 0 Å². The van der Waals surface area contributed by atoms with Gasteiger partial charge in [-0.1, -0.05) is 40.0 Å². The van der Waals surface area contributed by atoms with E-state index in [1.165, 1.54) is 45.2 Å². The molecule has 0 bridgehead atoms. The molecule has 1 amide bonds. The third kappa shape index (κ3) is 5.34. The molecule has 5 nitrogen and oxygen atoms in total. The largest absolute Gasteiger partial charge is 0.349 e. The zero-order chi connectivity index (χ0) is 19.3. The van der Waals surface area contributed by atoms with Crippen molar-refractivity contribution in [3.63, 3.8) is 0 Å². The van der Waals surface area contributed by atoms with Gasteiger partial charge in [-0.15, -0.1) is 0 Å². The van der Waals surface area contributed by atoms with Gasteiger partial charge in [0.25, 0.3) is 0 Å². The predicted octanol–water partition coefficient (Wildman–Crippen LogP) is 3.63. The molecule has 27 heavy (non-hydrogen) atoms. The minimum atomic E-state index is -0.0373. The van der Waals surface area contributed by atoms with Crippen LogP contribution in [0.2, 0.25) is 0 Å². The van der Waals surface area contributed by atoms with Crippen LogP contribution in [-0.2, 0) is 17.8 Å². The van der Waals surface area contributed by atoms with Crippen LogP contribution in [0.3, 0.4) is 0 Å². The van der Waals surface area contributed by atoms with E-state index in [9.17, 15) is 4.79 Å². The molecular weight excluding hydrogens is 336 g/mol. The van der Waals surface area contributed by atoms with E-state index in [0.717, 1.165) is 37.5 Å². The Balaban J connectivity index is 1.61. The monoisotopic (exact) mass is 374 g/mol. The molecule has 1 atom stereocenters. The maximum Gasteiger partial charge on any atom is 0.225 e. The fourth-order valence-corrected chi connectivity index (χ4v) is 4.78. The quantitative estimate of drug-likeness (QED) is 0.793. The number of likely N-dealkylation sites (tertiary alicyclic amines) is 1. The summed E-state index contributed by atoms with van der Waals surface area (Å²) in [5.74, 6) is 2.08. The Hall–Kier alpha value is -1.36. The van der Waals surface area contributed by atoms with Gasteiger partial charge in [-0.3, -0.25) is 4.79 Å². The van der Waals surface area contributed by atoms with Crippen LogP contribution in [0, 0.1) is 11.8 Å².